The van der Waals surface area contributed by atoms with Crippen LogP contribution in [0.15, 0.2) is 6.33 Å². The number of alkyl halides is 3. The number of carboxylic acids is 1. The Morgan fingerprint density at radius 2 is 2.11 bits per heavy atom. The van der Waals surface area contributed by atoms with Gasteiger partial charge in [0.2, 0.25) is 5.54 Å². The monoisotopic (exact) mass is 280 g/mol. The van der Waals surface area contributed by atoms with Gasteiger partial charge < -0.3 is 10.8 Å². The number of carbonyl (C=O) groups is 1. The molecule has 0 saturated carbocycles. The Kier molecular flexibility index (Phi) is 4.18. The molecule has 1 aromatic heterocycles. The van der Waals surface area contributed by atoms with Gasteiger partial charge in [-0.25, -0.2) is 14.5 Å². The lowest BCUT2D eigenvalue weighted by Gasteiger charge is -2.27. The van der Waals surface area contributed by atoms with Crippen LogP contribution in [0.25, 0.3) is 0 Å². The SMILES string of the molecule is CC(C)Cn1ncnc1CC(N)(C(=O)O)C(F)(F)F. The summed E-state index contributed by atoms with van der Waals surface area (Å²) in [4.78, 5) is 14.5. The molecule has 1 atom stereocenters. The topological polar surface area (TPSA) is 94.0 Å². The van der Waals surface area contributed by atoms with Crippen molar-refractivity contribution in [3.05, 3.63) is 12.2 Å². The van der Waals surface area contributed by atoms with E-state index in [0.29, 0.717) is 6.54 Å². The molecular weight excluding hydrogens is 265 g/mol. The van der Waals surface area contributed by atoms with Crippen LogP contribution >= 0.6 is 0 Å². The molecule has 19 heavy (non-hydrogen) atoms. The zero-order valence-corrected chi connectivity index (χ0v) is 10.5. The van der Waals surface area contributed by atoms with Crippen molar-refractivity contribution in [2.24, 2.45) is 11.7 Å². The Morgan fingerprint density at radius 1 is 1.53 bits per heavy atom. The minimum Gasteiger partial charge on any atom is -0.480 e. The van der Waals surface area contributed by atoms with Crippen molar-refractivity contribution < 1.29 is 23.1 Å². The third-order valence-corrected chi connectivity index (χ3v) is 2.56. The number of rotatable bonds is 5. The van der Waals surface area contributed by atoms with Gasteiger partial charge in [0, 0.05) is 13.0 Å². The van der Waals surface area contributed by atoms with Gasteiger partial charge in [-0.15, -0.1) is 0 Å². The van der Waals surface area contributed by atoms with Crippen LogP contribution in [0.1, 0.15) is 19.7 Å². The zero-order valence-electron chi connectivity index (χ0n) is 10.5. The molecule has 1 aromatic rings. The standard InChI is InChI=1S/C10H15F3N4O2/c1-6(2)4-17-7(15-5-16-17)3-9(14,8(18)19)10(11,12)13/h5-6H,3-4,14H2,1-2H3,(H,18,19). The molecule has 0 fully saturated rings. The summed E-state index contributed by atoms with van der Waals surface area (Å²) in [6.45, 7) is 4.03. The summed E-state index contributed by atoms with van der Waals surface area (Å²) in [5, 5.41) is 12.5. The second kappa shape index (κ2) is 5.16. The molecule has 0 aliphatic rings. The fraction of sp³-hybridized carbons (Fsp3) is 0.700. The van der Waals surface area contributed by atoms with Crippen molar-refractivity contribution in [1.29, 1.82) is 0 Å². The van der Waals surface area contributed by atoms with Gasteiger partial charge in [-0.2, -0.15) is 18.3 Å². The van der Waals surface area contributed by atoms with Gasteiger partial charge in [0.15, 0.2) is 0 Å². The van der Waals surface area contributed by atoms with E-state index in [1.54, 1.807) is 0 Å². The van der Waals surface area contributed by atoms with E-state index in [1.165, 1.54) is 4.68 Å². The number of aliphatic carboxylic acids is 1. The largest absolute Gasteiger partial charge is 0.480 e. The highest BCUT2D eigenvalue weighted by Crippen LogP contribution is 2.31. The Bertz CT molecular complexity index is 458. The molecule has 1 heterocycles. The van der Waals surface area contributed by atoms with Crippen LogP contribution in [0.5, 0.6) is 0 Å². The van der Waals surface area contributed by atoms with Crippen LogP contribution in [0.3, 0.4) is 0 Å². The van der Waals surface area contributed by atoms with E-state index < -0.39 is 24.1 Å². The molecule has 0 aliphatic heterocycles. The van der Waals surface area contributed by atoms with Crippen LogP contribution in [-0.2, 0) is 17.8 Å². The number of hydrogen-bond acceptors (Lipinski definition) is 4. The highest BCUT2D eigenvalue weighted by atomic mass is 19.4. The van der Waals surface area contributed by atoms with Crippen LogP contribution in [0, 0.1) is 5.92 Å². The van der Waals surface area contributed by atoms with Crippen molar-refractivity contribution in [2.75, 3.05) is 0 Å². The first-order valence-electron chi connectivity index (χ1n) is 5.53. The van der Waals surface area contributed by atoms with E-state index in [1.807, 2.05) is 13.8 Å². The fourth-order valence-corrected chi connectivity index (χ4v) is 1.47. The number of halogens is 3. The Hall–Kier alpha value is -1.64. The molecule has 0 radical (unpaired) electrons. The van der Waals surface area contributed by atoms with E-state index in [2.05, 4.69) is 10.1 Å². The fourth-order valence-electron chi connectivity index (χ4n) is 1.47. The average Bonchev–Trinajstić information content (AvgIpc) is 2.62. The van der Waals surface area contributed by atoms with Gasteiger partial charge in [0.1, 0.15) is 12.2 Å². The predicted molar refractivity (Wildman–Crippen MR) is 59.2 cm³/mol. The normalized spacial score (nSPS) is 15.5. The Balaban J connectivity index is 3.05. The maximum absolute atomic E-state index is 12.8. The molecule has 0 spiro atoms. The minimum atomic E-state index is -5.08. The maximum atomic E-state index is 12.8. The molecule has 0 saturated heterocycles. The van der Waals surface area contributed by atoms with Crippen LogP contribution < -0.4 is 5.73 Å². The van der Waals surface area contributed by atoms with Crippen molar-refractivity contribution >= 4 is 5.97 Å². The molecular formula is C10H15F3N4O2. The summed E-state index contributed by atoms with van der Waals surface area (Å²) in [6, 6.07) is 0. The third-order valence-electron chi connectivity index (χ3n) is 2.56. The van der Waals surface area contributed by atoms with E-state index in [4.69, 9.17) is 10.8 Å². The van der Waals surface area contributed by atoms with Crippen molar-refractivity contribution in [1.82, 2.24) is 14.8 Å². The van der Waals surface area contributed by atoms with Gasteiger partial charge in [0.05, 0.1) is 0 Å². The molecule has 6 nitrogen and oxygen atoms in total. The first-order chi connectivity index (χ1) is 8.58. The third kappa shape index (κ3) is 3.22. The molecule has 0 bridgehead atoms. The van der Waals surface area contributed by atoms with Gasteiger partial charge in [-0.05, 0) is 5.92 Å². The molecule has 0 aliphatic carbocycles. The minimum absolute atomic E-state index is 0.101. The van der Waals surface area contributed by atoms with Gasteiger partial charge >= 0.3 is 12.1 Å². The zero-order chi connectivity index (χ0) is 14.8. The summed E-state index contributed by atoms with van der Waals surface area (Å²) < 4.78 is 39.6. The van der Waals surface area contributed by atoms with Crippen molar-refractivity contribution in [2.45, 2.75) is 38.5 Å². The van der Waals surface area contributed by atoms with Crippen LogP contribution in [-0.4, -0.2) is 37.6 Å². The smallest absolute Gasteiger partial charge is 0.417 e. The van der Waals surface area contributed by atoms with E-state index in [0.717, 1.165) is 6.33 Å². The number of aromatic nitrogens is 3. The van der Waals surface area contributed by atoms with E-state index in [-0.39, 0.29) is 11.7 Å². The van der Waals surface area contributed by atoms with Gasteiger partial charge in [-0.1, -0.05) is 13.8 Å². The lowest BCUT2D eigenvalue weighted by Crippen LogP contribution is -2.61. The Labute approximate surface area is 107 Å². The lowest BCUT2D eigenvalue weighted by atomic mass is 9.95. The summed E-state index contributed by atoms with van der Waals surface area (Å²) in [5.74, 6) is -2.11. The maximum Gasteiger partial charge on any atom is 0.417 e. The summed E-state index contributed by atoms with van der Waals surface area (Å²) in [5.41, 5.74) is 1.64. The molecule has 0 amide bonds. The first-order valence-corrected chi connectivity index (χ1v) is 5.53. The summed E-state index contributed by atoms with van der Waals surface area (Å²) in [7, 11) is 0. The number of nitrogens with zero attached hydrogens (tertiary/aromatic N) is 3. The molecule has 1 rings (SSSR count). The summed E-state index contributed by atoms with van der Waals surface area (Å²) >= 11 is 0. The van der Waals surface area contributed by atoms with Gasteiger partial charge in [0.25, 0.3) is 0 Å². The van der Waals surface area contributed by atoms with Crippen molar-refractivity contribution in [3.63, 3.8) is 0 Å². The van der Waals surface area contributed by atoms with E-state index in [9.17, 15) is 18.0 Å². The highest BCUT2D eigenvalue weighted by Gasteiger charge is 2.58. The van der Waals surface area contributed by atoms with Gasteiger partial charge in [-0.3, -0.25) is 0 Å². The molecule has 0 aromatic carbocycles. The average molecular weight is 280 g/mol. The molecule has 108 valence electrons. The number of hydrogen-bond donors (Lipinski definition) is 2. The number of carboxylic acid groups (broad SMARTS) is 1. The van der Waals surface area contributed by atoms with Crippen LogP contribution in [0.4, 0.5) is 13.2 Å². The second-order valence-electron chi connectivity index (χ2n) is 4.70. The van der Waals surface area contributed by atoms with Crippen molar-refractivity contribution in [3.8, 4) is 0 Å². The molecule has 9 heteroatoms. The second-order valence-corrected chi connectivity index (χ2v) is 4.70. The van der Waals surface area contributed by atoms with Crippen LogP contribution in [0.2, 0.25) is 0 Å². The quantitative estimate of drug-likeness (QED) is 0.832. The number of nitrogens with two attached hydrogens (primary N) is 1. The summed E-state index contributed by atoms with van der Waals surface area (Å²) in [6.07, 6.45) is -4.96. The first kappa shape index (κ1) is 15.4. The highest BCUT2D eigenvalue weighted by molar-refractivity contribution is 5.80. The Morgan fingerprint density at radius 3 is 2.53 bits per heavy atom. The van der Waals surface area contributed by atoms with E-state index >= 15 is 0 Å². The molecule has 3 N–H and O–H groups in total. The molecule has 1 unspecified atom stereocenters. The lowest BCUT2D eigenvalue weighted by molar-refractivity contribution is -0.202. The predicted octanol–water partition coefficient (Wildman–Crippen LogP) is 0.821.